The molecule has 106 valence electrons. The highest BCUT2D eigenvalue weighted by molar-refractivity contribution is 5.30. The molecule has 0 aliphatic carbocycles. The van der Waals surface area contributed by atoms with E-state index in [1.807, 2.05) is 20.3 Å². The predicted molar refractivity (Wildman–Crippen MR) is 77.3 cm³/mol. The van der Waals surface area contributed by atoms with E-state index < -0.39 is 0 Å². The van der Waals surface area contributed by atoms with Crippen molar-refractivity contribution in [2.45, 2.75) is 25.4 Å². The number of aromatic nitrogens is 2. The van der Waals surface area contributed by atoms with Gasteiger partial charge in [-0.1, -0.05) is 0 Å². The summed E-state index contributed by atoms with van der Waals surface area (Å²) in [6.45, 7) is 4.76. The predicted octanol–water partition coefficient (Wildman–Crippen LogP) is 0.670. The van der Waals surface area contributed by atoms with Gasteiger partial charge >= 0.3 is 0 Å². The lowest BCUT2D eigenvalue weighted by Crippen LogP contribution is -2.55. The van der Waals surface area contributed by atoms with Crippen LogP contribution >= 0.6 is 0 Å². The van der Waals surface area contributed by atoms with Gasteiger partial charge in [0.1, 0.15) is 0 Å². The summed E-state index contributed by atoms with van der Waals surface area (Å²) in [5.74, 6) is 1.90. The molecule has 3 saturated heterocycles. The Morgan fingerprint density at radius 3 is 2.63 bits per heavy atom. The van der Waals surface area contributed by atoms with Crippen molar-refractivity contribution in [2.24, 2.45) is 13.0 Å². The van der Waals surface area contributed by atoms with Crippen LogP contribution < -0.4 is 10.2 Å². The number of hydrogen-bond acceptors (Lipinski definition) is 4. The van der Waals surface area contributed by atoms with Gasteiger partial charge < -0.3 is 19.7 Å². The van der Waals surface area contributed by atoms with Crippen molar-refractivity contribution in [3.05, 3.63) is 11.9 Å². The summed E-state index contributed by atoms with van der Waals surface area (Å²) in [5, 5.41) is 3.74. The Morgan fingerprint density at radius 2 is 2.11 bits per heavy atom. The molecule has 5 nitrogen and oxygen atoms in total. The van der Waals surface area contributed by atoms with Crippen LogP contribution in [-0.2, 0) is 13.6 Å². The Balaban J connectivity index is 1.60. The standard InChI is InChI=1S/C14H25N5/c1-17(2)14-16-9-12(18(14)3)8-15-13-10-19-6-4-11(13)5-7-19/h9,11,13,15H,4-8,10H2,1-3H3. The lowest BCUT2D eigenvalue weighted by Gasteiger charge is -2.45. The molecule has 2 bridgehead atoms. The molecule has 1 aromatic rings. The second-order valence-corrected chi connectivity index (χ2v) is 6.13. The number of fused-ring (bicyclic) bond motifs is 3. The van der Waals surface area contributed by atoms with E-state index in [9.17, 15) is 0 Å². The van der Waals surface area contributed by atoms with Crippen molar-refractivity contribution in [1.29, 1.82) is 0 Å². The fourth-order valence-electron chi connectivity index (χ4n) is 3.45. The second-order valence-electron chi connectivity index (χ2n) is 6.13. The van der Waals surface area contributed by atoms with Crippen molar-refractivity contribution in [3.8, 4) is 0 Å². The molecule has 4 rings (SSSR count). The number of anilines is 1. The molecule has 3 aliphatic heterocycles. The monoisotopic (exact) mass is 263 g/mol. The zero-order chi connectivity index (χ0) is 13.4. The molecule has 1 atom stereocenters. The lowest BCUT2D eigenvalue weighted by molar-refractivity contribution is 0.0717. The van der Waals surface area contributed by atoms with Crippen molar-refractivity contribution < 1.29 is 0 Å². The number of nitrogens with one attached hydrogen (secondary N) is 1. The summed E-state index contributed by atoms with van der Waals surface area (Å²) in [6, 6.07) is 0.667. The van der Waals surface area contributed by atoms with Crippen LogP contribution in [0.5, 0.6) is 0 Å². The van der Waals surface area contributed by atoms with Crippen molar-refractivity contribution in [1.82, 2.24) is 19.8 Å². The number of nitrogens with zero attached hydrogens (tertiary/aromatic N) is 4. The molecular formula is C14H25N5. The van der Waals surface area contributed by atoms with Gasteiger partial charge in [-0.3, -0.25) is 0 Å². The summed E-state index contributed by atoms with van der Waals surface area (Å²) in [5.41, 5.74) is 1.26. The third-order valence-corrected chi connectivity index (χ3v) is 4.66. The van der Waals surface area contributed by atoms with Crippen LogP contribution in [0, 0.1) is 5.92 Å². The lowest BCUT2D eigenvalue weighted by atomic mass is 9.84. The molecule has 5 heteroatoms. The summed E-state index contributed by atoms with van der Waals surface area (Å²) in [4.78, 5) is 9.11. The fraction of sp³-hybridized carbons (Fsp3) is 0.786. The van der Waals surface area contributed by atoms with Crippen molar-refractivity contribution in [2.75, 3.05) is 38.6 Å². The molecule has 1 unspecified atom stereocenters. The zero-order valence-corrected chi connectivity index (χ0v) is 12.3. The van der Waals surface area contributed by atoms with Gasteiger partial charge in [0.25, 0.3) is 0 Å². The minimum absolute atomic E-state index is 0.667. The number of piperidine rings is 3. The Bertz CT molecular complexity index is 431. The molecule has 0 aromatic carbocycles. The first-order chi connectivity index (χ1) is 9.15. The van der Waals surface area contributed by atoms with E-state index in [4.69, 9.17) is 0 Å². The molecule has 3 aliphatic rings. The quantitative estimate of drug-likeness (QED) is 0.866. The van der Waals surface area contributed by atoms with Crippen molar-refractivity contribution in [3.63, 3.8) is 0 Å². The maximum atomic E-state index is 4.47. The second kappa shape index (κ2) is 5.13. The van der Waals surface area contributed by atoms with Gasteiger partial charge in [0, 0.05) is 40.3 Å². The Labute approximate surface area is 115 Å². The van der Waals surface area contributed by atoms with E-state index in [2.05, 4.69) is 31.7 Å². The molecule has 0 amide bonds. The molecule has 0 spiro atoms. The van der Waals surface area contributed by atoms with E-state index in [1.54, 1.807) is 0 Å². The number of imidazole rings is 1. The smallest absolute Gasteiger partial charge is 0.204 e. The average molecular weight is 263 g/mol. The first-order valence-electron chi connectivity index (χ1n) is 7.29. The third-order valence-electron chi connectivity index (χ3n) is 4.66. The third kappa shape index (κ3) is 2.49. The molecule has 3 fully saturated rings. The molecule has 19 heavy (non-hydrogen) atoms. The Kier molecular flexibility index (Phi) is 3.50. The van der Waals surface area contributed by atoms with Crippen LogP contribution in [-0.4, -0.2) is 54.2 Å². The minimum atomic E-state index is 0.667. The molecule has 4 heterocycles. The molecule has 1 aromatic heterocycles. The van der Waals surface area contributed by atoms with Gasteiger partial charge in [0.05, 0.1) is 11.9 Å². The summed E-state index contributed by atoms with van der Waals surface area (Å²) < 4.78 is 2.17. The van der Waals surface area contributed by atoms with Crippen LogP contribution in [0.4, 0.5) is 5.95 Å². The highest BCUT2D eigenvalue weighted by atomic mass is 15.3. The van der Waals surface area contributed by atoms with Crippen LogP contribution in [0.2, 0.25) is 0 Å². The maximum absolute atomic E-state index is 4.47. The molecule has 1 N–H and O–H groups in total. The van der Waals surface area contributed by atoms with E-state index in [-0.39, 0.29) is 0 Å². The van der Waals surface area contributed by atoms with Crippen molar-refractivity contribution >= 4 is 5.95 Å². The van der Waals surface area contributed by atoms with Gasteiger partial charge in [-0.25, -0.2) is 4.98 Å². The van der Waals surface area contributed by atoms with E-state index >= 15 is 0 Å². The molecule has 0 radical (unpaired) electrons. The van der Waals surface area contributed by atoms with Gasteiger partial charge in [0.2, 0.25) is 5.95 Å². The van der Waals surface area contributed by atoms with Gasteiger partial charge in [-0.2, -0.15) is 0 Å². The fourth-order valence-corrected chi connectivity index (χ4v) is 3.45. The van der Waals surface area contributed by atoms with Crippen LogP contribution in [0.1, 0.15) is 18.5 Å². The van der Waals surface area contributed by atoms with Crippen LogP contribution in [0.15, 0.2) is 6.20 Å². The van der Waals surface area contributed by atoms with E-state index in [1.165, 1.54) is 38.2 Å². The Morgan fingerprint density at radius 1 is 1.37 bits per heavy atom. The first kappa shape index (κ1) is 12.9. The SMILES string of the molecule is CN(C)c1ncc(CNC2CN3CCC2CC3)n1C. The summed E-state index contributed by atoms with van der Waals surface area (Å²) in [7, 11) is 6.16. The molecular weight excluding hydrogens is 238 g/mol. The number of hydrogen-bond donors (Lipinski definition) is 1. The summed E-state index contributed by atoms with van der Waals surface area (Å²) >= 11 is 0. The average Bonchev–Trinajstić information content (AvgIpc) is 2.79. The maximum Gasteiger partial charge on any atom is 0.204 e. The van der Waals surface area contributed by atoms with Crippen LogP contribution in [0.25, 0.3) is 0 Å². The van der Waals surface area contributed by atoms with Crippen LogP contribution in [0.3, 0.4) is 0 Å². The normalized spacial score (nSPS) is 29.7. The zero-order valence-electron chi connectivity index (χ0n) is 12.3. The Hall–Kier alpha value is -1.07. The van der Waals surface area contributed by atoms with E-state index in [0.29, 0.717) is 6.04 Å². The van der Waals surface area contributed by atoms with E-state index in [0.717, 1.165) is 18.4 Å². The topological polar surface area (TPSA) is 36.3 Å². The molecule has 0 saturated carbocycles. The highest BCUT2D eigenvalue weighted by Gasteiger charge is 2.33. The largest absolute Gasteiger partial charge is 0.348 e. The van der Waals surface area contributed by atoms with Gasteiger partial charge in [-0.15, -0.1) is 0 Å². The number of rotatable bonds is 4. The van der Waals surface area contributed by atoms with Gasteiger partial charge in [-0.05, 0) is 31.8 Å². The highest BCUT2D eigenvalue weighted by Crippen LogP contribution is 2.27. The summed E-state index contributed by atoms with van der Waals surface area (Å²) in [6.07, 6.45) is 4.72. The first-order valence-corrected chi connectivity index (χ1v) is 7.29. The minimum Gasteiger partial charge on any atom is -0.348 e. The van der Waals surface area contributed by atoms with Gasteiger partial charge in [0.15, 0.2) is 0 Å².